The monoisotopic (exact) mass is 319 g/mol. The molecule has 1 atom stereocenters. The summed E-state index contributed by atoms with van der Waals surface area (Å²) in [6, 6.07) is 8.50. The second kappa shape index (κ2) is 6.89. The Morgan fingerprint density at radius 3 is 2.48 bits per heavy atom. The summed E-state index contributed by atoms with van der Waals surface area (Å²) in [5, 5.41) is 24.5. The SMILES string of the molecule is Cc1ccccc1C1(NCC(O)CC2(O)CCOCC2)CCC1. The van der Waals surface area contributed by atoms with E-state index in [2.05, 4.69) is 36.5 Å². The average molecular weight is 319 g/mol. The molecule has 23 heavy (non-hydrogen) atoms. The zero-order valence-electron chi connectivity index (χ0n) is 14.1. The van der Waals surface area contributed by atoms with Gasteiger partial charge in [-0.05, 0) is 50.2 Å². The number of aliphatic hydroxyl groups is 2. The lowest BCUT2D eigenvalue weighted by Gasteiger charge is -2.45. The average Bonchev–Trinajstić information content (AvgIpc) is 2.48. The highest BCUT2D eigenvalue weighted by Crippen LogP contribution is 2.42. The van der Waals surface area contributed by atoms with Crippen LogP contribution in [0.5, 0.6) is 0 Å². The normalized spacial score (nSPS) is 24.0. The summed E-state index contributed by atoms with van der Waals surface area (Å²) in [4.78, 5) is 0. The van der Waals surface area contributed by atoms with Crippen LogP contribution >= 0.6 is 0 Å². The number of hydrogen-bond donors (Lipinski definition) is 3. The minimum Gasteiger partial charge on any atom is -0.392 e. The molecule has 0 aromatic heterocycles. The molecule has 1 aromatic carbocycles. The number of aryl methyl sites for hydroxylation is 1. The lowest BCUT2D eigenvalue weighted by molar-refractivity contribution is -0.0871. The van der Waals surface area contributed by atoms with Crippen LogP contribution in [0.25, 0.3) is 0 Å². The van der Waals surface area contributed by atoms with Crippen molar-refractivity contribution in [3.8, 4) is 0 Å². The molecule has 3 N–H and O–H groups in total. The molecule has 1 aromatic rings. The summed E-state index contributed by atoms with van der Waals surface area (Å²) in [5.41, 5.74) is 1.89. The topological polar surface area (TPSA) is 61.7 Å². The first-order valence-corrected chi connectivity index (χ1v) is 8.82. The molecular weight excluding hydrogens is 290 g/mol. The van der Waals surface area contributed by atoms with Crippen molar-refractivity contribution in [2.45, 2.75) is 62.7 Å². The highest BCUT2D eigenvalue weighted by molar-refractivity contribution is 5.34. The number of aliphatic hydroxyl groups excluding tert-OH is 1. The van der Waals surface area contributed by atoms with Crippen LogP contribution in [0.4, 0.5) is 0 Å². The third-order valence-corrected chi connectivity index (χ3v) is 5.58. The number of rotatable bonds is 6. The Kier molecular flexibility index (Phi) is 5.07. The van der Waals surface area contributed by atoms with Gasteiger partial charge in [0.2, 0.25) is 0 Å². The van der Waals surface area contributed by atoms with E-state index in [1.54, 1.807) is 0 Å². The fourth-order valence-corrected chi connectivity index (χ4v) is 3.96. The van der Waals surface area contributed by atoms with Gasteiger partial charge in [-0.3, -0.25) is 0 Å². The van der Waals surface area contributed by atoms with Gasteiger partial charge in [0.15, 0.2) is 0 Å². The Morgan fingerprint density at radius 1 is 1.17 bits per heavy atom. The number of benzene rings is 1. The summed E-state index contributed by atoms with van der Waals surface area (Å²) in [7, 11) is 0. The second-order valence-corrected chi connectivity index (χ2v) is 7.33. The van der Waals surface area contributed by atoms with E-state index in [4.69, 9.17) is 4.74 Å². The number of nitrogens with one attached hydrogen (secondary N) is 1. The van der Waals surface area contributed by atoms with Gasteiger partial charge in [-0.25, -0.2) is 0 Å². The van der Waals surface area contributed by atoms with Gasteiger partial charge in [-0.2, -0.15) is 0 Å². The highest BCUT2D eigenvalue weighted by atomic mass is 16.5. The van der Waals surface area contributed by atoms with Crippen LogP contribution in [-0.4, -0.2) is 41.7 Å². The lowest BCUT2D eigenvalue weighted by atomic mass is 9.70. The van der Waals surface area contributed by atoms with Crippen molar-refractivity contribution in [3.05, 3.63) is 35.4 Å². The molecule has 0 radical (unpaired) electrons. The van der Waals surface area contributed by atoms with Crippen LogP contribution in [0.3, 0.4) is 0 Å². The van der Waals surface area contributed by atoms with Crippen LogP contribution in [0.2, 0.25) is 0 Å². The van der Waals surface area contributed by atoms with Gasteiger partial charge in [0, 0.05) is 31.7 Å². The van der Waals surface area contributed by atoms with E-state index in [0.717, 1.165) is 12.8 Å². The molecule has 1 saturated heterocycles. The van der Waals surface area contributed by atoms with Gasteiger partial charge in [0.1, 0.15) is 0 Å². The Bertz CT molecular complexity index is 521. The molecule has 2 aliphatic rings. The van der Waals surface area contributed by atoms with E-state index < -0.39 is 11.7 Å². The van der Waals surface area contributed by atoms with Crippen LogP contribution in [0.1, 0.15) is 49.7 Å². The third kappa shape index (κ3) is 3.77. The molecule has 3 rings (SSSR count). The second-order valence-electron chi connectivity index (χ2n) is 7.33. The molecule has 1 unspecified atom stereocenters. The van der Waals surface area contributed by atoms with E-state index >= 15 is 0 Å². The molecule has 4 heteroatoms. The maximum atomic E-state index is 10.5. The minimum absolute atomic E-state index is 0.00458. The standard InChI is InChI=1S/C19H29NO3/c1-15-5-2-3-6-17(15)19(7-4-8-19)20-14-16(21)13-18(22)9-11-23-12-10-18/h2-3,5-6,16,20-22H,4,7-14H2,1H3. The Morgan fingerprint density at radius 2 is 1.87 bits per heavy atom. The Hall–Kier alpha value is -0.940. The summed E-state index contributed by atoms with van der Waals surface area (Å²) in [6.45, 7) is 3.85. The third-order valence-electron chi connectivity index (χ3n) is 5.58. The molecule has 4 nitrogen and oxygen atoms in total. The zero-order valence-corrected chi connectivity index (χ0v) is 14.1. The van der Waals surface area contributed by atoms with E-state index in [0.29, 0.717) is 39.0 Å². The highest BCUT2D eigenvalue weighted by Gasteiger charge is 2.40. The van der Waals surface area contributed by atoms with Crippen molar-refractivity contribution in [3.63, 3.8) is 0 Å². The van der Waals surface area contributed by atoms with Crippen molar-refractivity contribution < 1.29 is 14.9 Å². The van der Waals surface area contributed by atoms with Gasteiger partial charge in [0.25, 0.3) is 0 Å². The Labute approximate surface area is 138 Å². The molecule has 0 amide bonds. The van der Waals surface area contributed by atoms with Crippen molar-refractivity contribution in [2.75, 3.05) is 19.8 Å². The molecule has 1 heterocycles. The lowest BCUT2D eigenvalue weighted by Crippen LogP contribution is -2.52. The fourth-order valence-electron chi connectivity index (χ4n) is 3.96. The van der Waals surface area contributed by atoms with Crippen molar-refractivity contribution in [1.29, 1.82) is 0 Å². The first-order valence-electron chi connectivity index (χ1n) is 8.82. The first-order chi connectivity index (χ1) is 11.0. The van der Waals surface area contributed by atoms with Gasteiger partial charge in [-0.1, -0.05) is 24.3 Å². The van der Waals surface area contributed by atoms with Crippen LogP contribution in [-0.2, 0) is 10.3 Å². The molecular formula is C19H29NO3. The van der Waals surface area contributed by atoms with E-state index in [1.165, 1.54) is 17.5 Å². The number of hydrogen-bond acceptors (Lipinski definition) is 4. The first kappa shape index (κ1) is 16.9. The smallest absolute Gasteiger partial charge is 0.0716 e. The molecule has 0 spiro atoms. The van der Waals surface area contributed by atoms with E-state index in [1.807, 2.05) is 0 Å². The molecule has 1 aliphatic heterocycles. The quantitative estimate of drug-likeness (QED) is 0.753. The fraction of sp³-hybridized carbons (Fsp3) is 0.684. The maximum absolute atomic E-state index is 10.5. The molecule has 1 saturated carbocycles. The van der Waals surface area contributed by atoms with Gasteiger partial charge in [-0.15, -0.1) is 0 Å². The van der Waals surface area contributed by atoms with Crippen LogP contribution in [0, 0.1) is 6.92 Å². The van der Waals surface area contributed by atoms with E-state index in [-0.39, 0.29) is 5.54 Å². The summed E-state index contributed by atoms with van der Waals surface area (Å²) < 4.78 is 5.30. The van der Waals surface area contributed by atoms with Crippen LogP contribution < -0.4 is 5.32 Å². The molecule has 0 bridgehead atoms. The molecule has 128 valence electrons. The largest absolute Gasteiger partial charge is 0.392 e. The predicted octanol–water partition coefficient (Wildman–Crippen LogP) is 2.26. The summed E-state index contributed by atoms with van der Waals surface area (Å²) in [5.74, 6) is 0. The summed E-state index contributed by atoms with van der Waals surface area (Å²) >= 11 is 0. The van der Waals surface area contributed by atoms with Crippen molar-refractivity contribution >= 4 is 0 Å². The van der Waals surface area contributed by atoms with E-state index in [9.17, 15) is 10.2 Å². The van der Waals surface area contributed by atoms with Crippen molar-refractivity contribution in [2.24, 2.45) is 0 Å². The molecule has 2 fully saturated rings. The summed E-state index contributed by atoms with van der Waals surface area (Å²) in [6.07, 6.45) is 4.58. The predicted molar refractivity (Wildman–Crippen MR) is 90.3 cm³/mol. The molecule has 1 aliphatic carbocycles. The Balaban J connectivity index is 1.59. The van der Waals surface area contributed by atoms with Crippen LogP contribution in [0.15, 0.2) is 24.3 Å². The van der Waals surface area contributed by atoms with Crippen molar-refractivity contribution in [1.82, 2.24) is 5.32 Å². The minimum atomic E-state index is -0.769. The number of ether oxygens (including phenoxy) is 1. The zero-order chi connectivity index (χ0) is 16.3. The van der Waals surface area contributed by atoms with Gasteiger partial charge in [0.05, 0.1) is 11.7 Å². The van der Waals surface area contributed by atoms with Gasteiger partial charge < -0.3 is 20.3 Å². The maximum Gasteiger partial charge on any atom is 0.0716 e. The van der Waals surface area contributed by atoms with Gasteiger partial charge >= 0.3 is 0 Å².